The lowest BCUT2D eigenvalue weighted by Gasteiger charge is -2.34. The Labute approximate surface area is 115 Å². The average molecular weight is 287 g/mol. The molecule has 1 aliphatic carbocycles. The van der Waals surface area contributed by atoms with Gasteiger partial charge in [-0.2, -0.15) is 13.2 Å². The van der Waals surface area contributed by atoms with Crippen molar-refractivity contribution in [1.82, 2.24) is 4.98 Å². The van der Waals surface area contributed by atoms with Gasteiger partial charge in [-0.25, -0.2) is 0 Å². The molecule has 0 aromatic carbocycles. The van der Waals surface area contributed by atoms with Crippen molar-refractivity contribution in [3.63, 3.8) is 0 Å². The van der Waals surface area contributed by atoms with Crippen LogP contribution in [0.3, 0.4) is 0 Å². The standard InChI is InChI=1S/C14H16F3NO2/c1-2-20-10-5-9(6-10)7-13(19)11-8-18-4-3-12(11)14(15,16)17/h3-4,8-10H,2,5-7H2,1H3. The number of alkyl halides is 3. The third-order valence-electron chi connectivity index (χ3n) is 3.50. The summed E-state index contributed by atoms with van der Waals surface area (Å²) in [6.07, 6.45) is -0.728. The van der Waals surface area contributed by atoms with E-state index in [9.17, 15) is 18.0 Å². The molecule has 1 aliphatic rings. The third kappa shape index (κ3) is 3.36. The average Bonchev–Trinajstić information content (AvgIpc) is 2.35. The van der Waals surface area contributed by atoms with Gasteiger partial charge in [-0.15, -0.1) is 0 Å². The number of hydrogen-bond acceptors (Lipinski definition) is 3. The van der Waals surface area contributed by atoms with Crippen LogP contribution in [0.25, 0.3) is 0 Å². The SMILES string of the molecule is CCOC1CC(CC(=O)c2cnccc2C(F)(F)F)C1. The summed E-state index contributed by atoms with van der Waals surface area (Å²) in [7, 11) is 0. The summed E-state index contributed by atoms with van der Waals surface area (Å²) >= 11 is 0. The van der Waals surface area contributed by atoms with E-state index in [1.807, 2.05) is 6.92 Å². The number of Topliss-reactive ketones (excluding diaryl/α,β-unsaturated/α-hetero) is 1. The van der Waals surface area contributed by atoms with E-state index < -0.39 is 17.5 Å². The molecule has 0 bridgehead atoms. The Morgan fingerprint density at radius 3 is 2.75 bits per heavy atom. The van der Waals surface area contributed by atoms with Gasteiger partial charge in [-0.1, -0.05) is 0 Å². The second-order valence-electron chi connectivity index (χ2n) is 4.96. The molecule has 6 heteroatoms. The lowest BCUT2D eigenvalue weighted by Crippen LogP contribution is -2.33. The van der Waals surface area contributed by atoms with Crippen molar-refractivity contribution in [3.05, 3.63) is 29.6 Å². The quantitative estimate of drug-likeness (QED) is 0.778. The molecule has 1 fully saturated rings. The molecule has 0 aliphatic heterocycles. The summed E-state index contributed by atoms with van der Waals surface area (Å²) in [5.74, 6) is -0.384. The molecule has 110 valence electrons. The summed E-state index contributed by atoms with van der Waals surface area (Å²) < 4.78 is 43.8. The van der Waals surface area contributed by atoms with Gasteiger partial charge >= 0.3 is 6.18 Å². The number of ether oxygens (including phenoxy) is 1. The van der Waals surface area contributed by atoms with Crippen molar-refractivity contribution in [2.45, 2.75) is 38.5 Å². The van der Waals surface area contributed by atoms with Crippen molar-refractivity contribution in [2.75, 3.05) is 6.61 Å². The van der Waals surface area contributed by atoms with E-state index in [0.717, 1.165) is 31.3 Å². The van der Waals surface area contributed by atoms with E-state index in [2.05, 4.69) is 4.98 Å². The zero-order chi connectivity index (χ0) is 14.8. The Balaban J connectivity index is 2.01. The van der Waals surface area contributed by atoms with Gasteiger partial charge in [0.15, 0.2) is 5.78 Å². The van der Waals surface area contributed by atoms with Crippen LogP contribution in [0.4, 0.5) is 13.2 Å². The predicted octanol–water partition coefficient (Wildman–Crippen LogP) is 3.49. The minimum Gasteiger partial charge on any atom is -0.378 e. The Hall–Kier alpha value is -1.43. The van der Waals surface area contributed by atoms with Gasteiger partial charge in [-0.3, -0.25) is 9.78 Å². The zero-order valence-electron chi connectivity index (χ0n) is 11.1. The monoisotopic (exact) mass is 287 g/mol. The van der Waals surface area contributed by atoms with Crippen LogP contribution in [0.1, 0.15) is 42.1 Å². The highest BCUT2D eigenvalue weighted by Gasteiger charge is 2.37. The molecule has 0 N–H and O–H groups in total. The minimum absolute atomic E-state index is 0.111. The van der Waals surface area contributed by atoms with Crippen LogP contribution >= 0.6 is 0 Å². The first kappa shape index (κ1) is 15.0. The van der Waals surface area contributed by atoms with Crippen LogP contribution in [0.2, 0.25) is 0 Å². The molecule has 20 heavy (non-hydrogen) atoms. The van der Waals surface area contributed by atoms with Crippen LogP contribution in [0, 0.1) is 5.92 Å². The topological polar surface area (TPSA) is 39.2 Å². The maximum absolute atomic E-state index is 12.8. The highest BCUT2D eigenvalue weighted by molar-refractivity contribution is 5.97. The van der Waals surface area contributed by atoms with Crippen molar-refractivity contribution >= 4 is 5.78 Å². The second-order valence-corrected chi connectivity index (χ2v) is 4.96. The Morgan fingerprint density at radius 1 is 1.45 bits per heavy atom. The van der Waals surface area contributed by atoms with Gasteiger partial charge in [0.05, 0.1) is 11.7 Å². The molecule has 0 saturated heterocycles. The second kappa shape index (κ2) is 5.91. The van der Waals surface area contributed by atoms with Gasteiger partial charge < -0.3 is 4.74 Å². The van der Waals surface area contributed by atoms with Gasteiger partial charge in [0.1, 0.15) is 0 Å². The highest BCUT2D eigenvalue weighted by atomic mass is 19.4. The molecule has 0 amide bonds. The molecular formula is C14H16F3NO2. The summed E-state index contributed by atoms with van der Waals surface area (Å²) in [5, 5.41) is 0. The summed E-state index contributed by atoms with van der Waals surface area (Å²) in [4.78, 5) is 15.6. The van der Waals surface area contributed by atoms with E-state index in [-0.39, 0.29) is 24.0 Å². The van der Waals surface area contributed by atoms with Crippen molar-refractivity contribution in [1.29, 1.82) is 0 Å². The van der Waals surface area contributed by atoms with Crippen LogP contribution in [0.15, 0.2) is 18.5 Å². The molecule has 1 aromatic heterocycles. The first-order valence-electron chi connectivity index (χ1n) is 6.57. The largest absolute Gasteiger partial charge is 0.417 e. The molecule has 1 saturated carbocycles. The number of carbonyl (C=O) groups excluding carboxylic acids is 1. The number of nitrogens with zero attached hydrogens (tertiary/aromatic N) is 1. The number of hydrogen-bond donors (Lipinski definition) is 0. The zero-order valence-corrected chi connectivity index (χ0v) is 11.1. The van der Waals surface area contributed by atoms with Crippen LogP contribution in [-0.4, -0.2) is 23.5 Å². The number of ketones is 1. The molecule has 3 nitrogen and oxygen atoms in total. The van der Waals surface area contributed by atoms with E-state index in [4.69, 9.17) is 4.74 Å². The predicted molar refractivity (Wildman–Crippen MR) is 66.3 cm³/mol. The highest BCUT2D eigenvalue weighted by Crippen LogP contribution is 2.36. The first-order chi connectivity index (χ1) is 9.41. The van der Waals surface area contributed by atoms with Crippen molar-refractivity contribution < 1.29 is 22.7 Å². The normalized spacial score (nSPS) is 22.4. The lowest BCUT2D eigenvalue weighted by atomic mass is 9.78. The Bertz CT molecular complexity index is 482. The number of rotatable bonds is 5. The van der Waals surface area contributed by atoms with E-state index in [1.54, 1.807) is 0 Å². The molecule has 0 radical (unpaired) electrons. The van der Waals surface area contributed by atoms with Gasteiger partial charge in [-0.05, 0) is 31.7 Å². The molecule has 0 atom stereocenters. The van der Waals surface area contributed by atoms with Crippen LogP contribution < -0.4 is 0 Å². The van der Waals surface area contributed by atoms with Crippen molar-refractivity contribution in [2.24, 2.45) is 5.92 Å². The van der Waals surface area contributed by atoms with Crippen molar-refractivity contribution in [3.8, 4) is 0 Å². The van der Waals surface area contributed by atoms with E-state index >= 15 is 0 Å². The molecule has 1 heterocycles. The Morgan fingerprint density at radius 2 is 2.15 bits per heavy atom. The van der Waals surface area contributed by atoms with Gasteiger partial charge in [0, 0.05) is 31.0 Å². The van der Waals surface area contributed by atoms with Gasteiger partial charge in [0.25, 0.3) is 0 Å². The molecule has 1 aromatic rings. The summed E-state index contributed by atoms with van der Waals surface area (Å²) in [5.41, 5.74) is -1.24. The summed E-state index contributed by atoms with van der Waals surface area (Å²) in [6, 6.07) is 0.844. The fraction of sp³-hybridized carbons (Fsp3) is 0.571. The summed E-state index contributed by atoms with van der Waals surface area (Å²) in [6.45, 7) is 2.51. The fourth-order valence-electron chi connectivity index (χ4n) is 2.45. The first-order valence-corrected chi connectivity index (χ1v) is 6.57. The maximum atomic E-state index is 12.8. The lowest BCUT2D eigenvalue weighted by molar-refractivity contribution is -0.138. The number of halogens is 3. The molecule has 0 unspecified atom stereocenters. The molecule has 0 spiro atoms. The number of carbonyl (C=O) groups is 1. The van der Waals surface area contributed by atoms with Crippen LogP contribution in [0.5, 0.6) is 0 Å². The van der Waals surface area contributed by atoms with Gasteiger partial charge in [0.2, 0.25) is 0 Å². The smallest absolute Gasteiger partial charge is 0.378 e. The minimum atomic E-state index is -4.53. The van der Waals surface area contributed by atoms with Crippen LogP contribution in [-0.2, 0) is 10.9 Å². The fourth-order valence-corrected chi connectivity index (χ4v) is 2.45. The molecular weight excluding hydrogens is 271 g/mol. The third-order valence-corrected chi connectivity index (χ3v) is 3.50. The number of aromatic nitrogens is 1. The van der Waals surface area contributed by atoms with E-state index in [0.29, 0.717) is 6.61 Å². The van der Waals surface area contributed by atoms with E-state index in [1.165, 1.54) is 0 Å². The molecule has 2 rings (SSSR count). The number of pyridine rings is 1. The maximum Gasteiger partial charge on any atom is 0.417 e. The Kier molecular flexibility index (Phi) is 4.42.